The highest BCUT2D eigenvalue weighted by Crippen LogP contribution is 2.42. The largest absolute Gasteiger partial charge is 0.507 e. The normalized spacial score (nSPS) is 17.8. The Hall–Kier alpha value is -3.64. The SMILES string of the molecule is CN(C)c1ccc(N2C(=O)C(=O)/C(=C(/O)c3cccc(Cl)c3)C2c2cccnc2)cc1. The van der Waals surface area contributed by atoms with E-state index in [-0.39, 0.29) is 11.3 Å². The van der Waals surface area contributed by atoms with Gasteiger partial charge in [-0.05, 0) is 48.0 Å². The number of hydrogen-bond acceptors (Lipinski definition) is 5. The molecule has 3 aromatic rings. The first-order valence-electron chi connectivity index (χ1n) is 9.62. The molecule has 1 unspecified atom stereocenters. The summed E-state index contributed by atoms with van der Waals surface area (Å²) in [6.07, 6.45) is 3.20. The van der Waals surface area contributed by atoms with Gasteiger partial charge in [-0.1, -0.05) is 29.8 Å². The molecule has 156 valence electrons. The number of rotatable bonds is 4. The maximum atomic E-state index is 13.1. The van der Waals surface area contributed by atoms with Crippen LogP contribution in [0.2, 0.25) is 5.02 Å². The lowest BCUT2D eigenvalue weighted by atomic mass is 9.96. The third kappa shape index (κ3) is 3.78. The van der Waals surface area contributed by atoms with Crippen molar-refractivity contribution in [2.75, 3.05) is 23.9 Å². The van der Waals surface area contributed by atoms with E-state index < -0.39 is 17.7 Å². The zero-order valence-electron chi connectivity index (χ0n) is 17.0. The van der Waals surface area contributed by atoms with Crippen LogP contribution in [-0.2, 0) is 9.59 Å². The fourth-order valence-electron chi connectivity index (χ4n) is 3.65. The molecule has 0 spiro atoms. The van der Waals surface area contributed by atoms with Crippen LogP contribution >= 0.6 is 11.6 Å². The van der Waals surface area contributed by atoms with Crippen LogP contribution in [0.1, 0.15) is 17.2 Å². The molecule has 0 aliphatic carbocycles. The van der Waals surface area contributed by atoms with Crippen LogP contribution in [0.15, 0.2) is 78.6 Å². The summed E-state index contributed by atoms with van der Waals surface area (Å²) in [6, 6.07) is 16.5. The summed E-state index contributed by atoms with van der Waals surface area (Å²) in [4.78, 5) is 33.7. The average molecular weight is 434 g/mol. The van der Waals surface area contributed by atoms with Crippen molar-refractivity contribution in [1.82, 2.24) is 4.98 Å². The molecule has 1 N–H and O–H groups in total. The predicted octanol–water partition coefficient (Wildman–Crippen LogP) is 4.43. The van der Waals surface area contributed by atoms with Crippen molar-refractivity contribution < 1.29 is 14.7 Å². The lowest BCUT2D eigenvalue weighted by molar-refractivity contribution is -0.132. The molecule has 31 heavy (non-hydrogen) atoms. The minimum atomic E-state index is -0.821. The number of pyridine rings is 1. The van der Waals surface area contributed by atoms with Crippen molar-refractivity contribution >= 4 is 40.4 Å². The van der Waals surface area contributed by atoms with E-state index in [2.05, 4.69) is 4.98 Å². The Morgan fingerprint density at radius 2 is 1.81 bits per heavy atom. The molecule has 1 aromatic heterocycles. The molecule has 0 bridgehead atoms. The number of benzene rings is 2. The maximum Gasteiger partial charge on any atom is 0.300 e. The van der Waals surface area contributed by atoms with E-state index in [1.165, 1.54) is 4.90 Å². The van der Waals surface area contributed by atoms with E-state index >= 15 is 0 Å². The molecule has 0 saturated carbocycles. The van der Waals surface area contributed by atoms with Gasteiger partial charge >= 0.3 is 0 Å². The zero-order valence-corrected chi connectivity index (χ0v) is 17.7. The van der Waals surface area contributed by atoms with Crippen molar-refractivity contribution in [2.24, 2.45) is 0 Å². The third-order valence-corrected chi connectivity index (χ3v) is 5.42. The Labute approximate surface area is 185 Å². The van der Waals surface area contributed by atoms with Gasteiger partial charge in [-0.25, -0.2) is 0 Å². The Kier molecular flexibility index (Phi) is 5.48. The van der Waals surface area contributed by atoms with Crippen LogP contribution in [0.5, 0.6) is 0 Å². The van der Waals surface area contributed by atoms with Gasteiger partial charge in [0.2, 0.25) is 0 Å². The molecule has 1 aliphatic heterocycles. The number of ketones is 1. The van der Waals surface area contributed by atoms with Gasteiger partial charge in [0, 0.05) is 48.4 Å². The topological polar surface area (TPSA) is 73.7 Å². The Morgan fingerprint density at radius 1 is 1.06 bits per heavy atom. The van der Waals surface area contributed by atoms with E-state index in [9.17, 15) is 14.7 Å². The molecule has 2 aromatic carbocycles. The molecule has 1 saturated heterocycles. The van der Waals surface area contributed by atoms with Crippen LogP contribution in [0.25, 0.3) is 5.76 Å². The Balaban J connectivity index is 1.90. The summed E-state index contributed by atoms with van der Waals surface area (Å²) in [5.41, 5.74) is 2.48. The minimum Gasteiger partial charge on any atom is -0.507 e. The van der Waals surface area contributed by atoms with Gasteiger partial charge in [0.15, 0.2) is 0 Å². The van der Waals surface area contributed by atoms with Gasteiger partial charge in [-0.2, -0.15) is 0 Å². The fraction of sp³-hybridized carbons (Fsp3) is 0.125. The van der Waals surface area contributed by atoms with E-state index in [0.29, 0.717) is 21.8 Å². The number of amides is 1. The molecular formula is C24H20ClN3O3. The first kappa shape index (κ1) is 20.6. The number of hydrogen-bond donors (Lipinski definition) is 1. The van der Waals surface area contributed by atoms with Gasteiger partial charge in [0.1, 0.15) is 5.76 Å². The molecule has 6 nitrogen and oxygen atoms in total. The summed E-state index contributed by atoms with van der Waals surface area (Å²) in [5, 5.41) is 11.5. The smallest absolute Gasteiger partial charge is 0.300 e. The number of carbonyl (C=O) groups is 2. The molecule has 2 heterocycles. The third-order valence-electron chi connectivity index (χ3n) is 5.19. The van der Waals surface area contributed by atoms with Crippen molar-refractivity contribution in [2.45, 2.75) is 6.04 Å². The number of nitrogens with zero attached hydrogens (tertiary/aromatic N) is 3. The first-order valence-corrected chi connectivity index (χ1v) is 10.0. The molecule has 0 radical (unpaired) electrons. The molecule has 7 heteroatoms. The number of aliphatic hydroxyl groups excluding tert-OH is 1. The van der Waals surface area contributed by atoms with Crippen LogP contribution in [0, 0.1) is 0 Å². The van der Waals surface area contributed by atoms with E-state index in [0.717, 1.165) is 5.69 Å². The van der Waals surface area contributed by atoms with Gasteiger partial charge in [-0.3, -0.25) is 19.5 Å². The first-order chi connectivity index (χ1) is 14.9. The minimum absolute atomic E-state index is 0.00282. The molecule has 1 amide bonds. The second-order valence-corrected chi connectivity index (χ2v) is 7.81. The average Bonchev–Trinajstić information content (AvgIpc) is 3.04. The van der Waals surface area contributed by atoms with Crippen molar-refractivity contribution in [3.05, 3.63) is 94.8 Å². The number of anilines is 2. The highest BCUT2D eigenvalue weighted by atomic mass is 35.5. The molecule has 4 rings (SSSR count). The van der Waals surface area contributed by atoms with Crippen LogP contribution in [0.4, 0.5) is 11.4 Å². The van der Waals surface area contributed by atoms with E-state index in [4.69, 9.17) is 11.6 Å². The maximum absolute atomic E-state index is 13.1. The van der Waals surface area contributed by atoms with Gasteiger partial charge in [0.05, 0.1) is 11.6 Å². The van der Waals surface area contributed by atoms with Crippen molar-refractivity contribution in [3.8, 4) is 0 Å². The Morgan fingerprint density at radius 3 is 2.42 bits per heavy atom. The summed E-state index contributed by atoms with van der Waals surface area (Å²) >= 11 is 6.07. The standard InChI is InChI=1S/C24H20ClN3O3/c1-27(2)18-8-10-19(11-9-18)28-21(16-6-4-12-26-14-16)20(23(30)24(28)31)22(29)15-5-3-7-17(25)13-15/h3-14,21,29H,1-2H3/b22-20+. The summed E-state index contributed by atoms with van der Waals surface area (Å²) in [5.74, 6) is -1.75. The monoisotopic (exact) mass is 433 g/mol. The van der Waals surface area contributed by atoms with Crippen molar-refractivity contribution in [1.29, 1.82) is 0 Å². The molecule has 1 aliphatic rings. The number of halogens is 1. The van der Waals surface area contributed by atoms with E-state index in [1.807, 2.05) is 31.1 Å². The second-order valence-electron chi connectivity index (χ2n) is 7.38. The van der Waals surface area contributed by atoms with Crippen LogP contribution < -0.4 is 9.80 Å². The second kappa shape index (κ2) is 8.24. The summed E-state index contributed by atoms with van der Waals surface area (Å²) < 4.78 is 0. The number of aromatic nitrogens is 1. The molecule has 1 atom stereocenters. The van der Waals surface area contributed by atoms with E-state index in [1.54, 1.807) is 60.9 Å². The van der Waals surface area contributed by atoms with Gasteiger partial charge in [0.25, 0.3) is 11.7 Å². The van der Waals surface area contributed by atoms with Crippen molar-refractivity contribution in [3.63, 3.8) is 0 Å². The fourth-order valence-corrected chi connectivity index (χ4v) is 3.84. The predicted molar refractivity (Wildman–Crippen MR) is 121 cm³/mol. The lowest BCUT2D eigenvalue weighted by Gasteiger charge is -2.25. The van der Waals surface area contributed by atoms with Gasteiger partial charge in [-0.15, -0.1) is 0 Å². The highest BCUT2D eigenvalue weighted by molar-refractivity contribution is 6.51. The quantitative estimate of drug-likeness (QED) is 0.374. The molecule has 1 fully saturated rings. The number of carbonyl (C=O) groups excluding carboxylic acids is 2. The lowest BCUT2D eigenvalue weighted by Crippen LogP contribution is -2.29. The summed E-state index contributed by atoms with van der Waals surface area (Å²) in [7, 11) is 3.84. The van der Waals surface area contributed by atoms with Crippen LogP contribution in [-0.4, -0.2) is 35.9 Å². The van der Waals surface area contributed by atoms with Crippen LogP contribution in [0.3, 0.4) is 0 Å². The zero-order chi connectivity index (χ0) is 22.1. The van der Waals surface area contributed by atoms with Gasteiger partial charge < -0.3 is 10.0 Å². The molecular weight excluding hydrogens is 414 g/mol. The number of Topliss-reactive ketones (excluding diaryl/α,β-unsaturated/α-hetero) is 1. The Bertz CT molecular complexity index is 1170. The number of aliphatic hydroxyl groups is 1. The summed E-state index contributed by atoms with van der Waals surface area (Å²) in [6.45, 7) is 0. The highest BCUT2D eigenvalue weighted by Gasteiger charge is 2.47.